The van der Waals surface area contributed by atoms with E-state index in [0.717, 1.165) is 88.4 Å². The van der Waals surface area contributed by atoms with E-state index in [4.69, 9.17) is 14.4 Å². The highest BCUT2D eigenvalue weighted by molar-refractivity contribution is 6.10. The summed E-state index contributed by atoms with van der Waals surface area (Å²) < 4.78 is 6.36. The smallest absolute Gasteiger partial charge is 0.157 e. The standard InChI is InChI=1S/C50H31N3O/c1-2-10-31(11-3-1)32-12-6-13-33(26-32)34-14-7-15-35(27-34)37-22-24-44-43(29-37)48-50(52-44)53-46-30-38(23-25-45(46)51-48)36-16-8-17-39(28-36)40-19-9-20-42-41-18-4-5-21-47(41)54-49(40)42/h1-30H,(H,52,53). The number of hydrogen-bond acceptors (Lipinski definition) is 3. The Morgan fingerprint density at radius 3 is 1.72 bits per heavy atom. The number of aromatic amines is 1. The Balaban J connectivity index is 0.940. The summed E-state index contributed by atoms with van der Waals surface area (Å²) in [6.07, 6.45) is 0. The van der Waals surface area contributed by atoms with Gasteiger partial charge >= 0.3 is 0 Å². The van der Waals surface area contributed by atoms with Crippen LogP contribution in [0.25, 0.3) is 111 Å². The highest BCUT2D eigenvalue weighted by Gasteiger charge is 2.15. The molecule has 0 atom stereocenters. The van der Waals surface area contributed by atoms with E-state index in [2.05, 4.69) is 175 Å². The van der Waals surface area contributed by atoms with Crippen molar-refractivity contribution in [2.24, 2.45) is 0 Å². The number of fused-ring (bicyclic) bond motifs is 7. The Labute approximate surface area is 311 Å². The summed E-state index contributed by atoms with van der Waals surface area (Å²) >= 11 is 0. The first-order valence-corrected chi connectivity index (χ1v) is 18.2. The molecule has 252 valence electrons. The summed E-state index contributed by atoms with van der Waals surface area (Å²) in [7, 11) is 0. The lowest BCUT2D eigenvalue weighted by Crippen LogP contribution is -1.88. The second kappa shape index (κ2) is 12.1. The fourth-order valence-electron chi connectivity index (χ4n) is 7.89. The van der Waals surface area contributed by atoms with Crippen LogP contribution in [0.15, 0.2) is 186 Å². The van der Waals surface area contributed by atoms with Crippen molar-refractivity contribution in [3.05, 3.63) is 182 Å². The zero-order chi connectivity index (χ0) is 35.6. The molecule has 54 heavy (non-hydrogen) atoms. The van der Waals surface area contributed by atoms with Crippen molar-refractivity contribution in [3.63, 3.8) is 0 Å². The van der Waals surface area contributed by atoms with Crippen LogP contribution in [0.2, 0.25) is 0 Å². The lowest BCUT2D eigenvalue weighted by Gasteiger charge is -2.09. The maximum Gasteiger partial charge on any atom is 0.157 e. The van der Waals surface area contributed by atoms with E-state index in [0.29, 0.717) is 0 Å². The number of furan rings is 1. The maximum absolute atomic E-state index is 6.36. The highest BCUT2D eigenvalue weighted by Crippen LogP contribution is 2.38. The molecule has 0 radical (unpaired) electrons. The molecule has 0 amide bonds. The number of para-hydroxylation sites is 2. The van der Waals surface area contributed by atoms with Crippen molar-refractivity contribution in [1.29, 1.82) is 0 Å². The van der Waals surface area contributed by atoms with Gasteiger partial charge < -0.3 is 9.40 Å². The van der Waals surface area contributed by atoms with Crippen LogP contribution in [-0.4, -0.2) is 15.0 Å². The van der Waals surface area contributed by atoms with Crippen LogP contribution in [-0.2, 0) is 0 Å². The van der Waals surface area contributed by atoms with E-state index in [1.807, 2.05) is 12.1 Å². The van der Waals surface area contributed by atoms with Gasteiger partial charge in [0.2, 0.25) is 0 Å². The normalized spacial score (nSPS) is 11.7. The molecule has 3 aromatic heterocycles. The zero-order valence-corrected chi connectivity index (χ0v) is 29.1. The Hall–Kier alpha value is -7.30. The van der Waals surface area contributed by atoms with Crippen LogP contribution in [0.1, 0.15) is 0 Å². The highest BCUT2D eigenvalue weighted by atomic mass is 16.3. The van der Waals surface area contributed by atoms with Gasteiger partial charge in [0, 0.05) is 27.2 Å². The molecule has 0 spiro atoms. The van der Waals surface area contributed by atoms with E-state index in [1.165, 1.54) is 22.3 Å². The van der Waals surface area contributed by atoms with Gasteiger partial charge in [-0.3, -0.25) is 0 Å². The van der Waals surface area contributed by atoms with Gasteiger partial charge in [-0.2, -0.15) is 0 Å². The van der Waals surface area contributed by atoms with Crippen LogP contribution >= 0.6 is 0 Å². The zero-order valence-electron chi connectivity index (χ0n) is 29.1. The molecule has 0 saturated carbocycles. The molecular weight excluding hydrogens is 659 g/mol. The summed E-state index contributed by atoms with van der Waals surface area (Å²) in [5, 5.41) is 3.32. The average Bonchev–Trinajstić information content (AvgIpc) is 3.80. The van der Waals surface area contributed by atoms with Crippen molar-refractivity contribution in [2.75, 3.05) is 0 Å². The SMILES string of the molecule is c1ccc(-c2cccc(-c3cccc(-c4ccc5[nH]c6nc7cc(-c8cccc(-c9cccc%10c9oc9ccccc9%10)c8)ccc7nc6c5c4)c3)c2)cc1. The summed E-state index contributed by atoms with van der Waals surface area (Å²) in [5.74, 6) is 0. The number of H-pyrrole nitrogens is 1. The fraction of sp³-hybridized carbons (Fsp3) is 0. The lowest BCUT2D eigenvalue weighted by atomic mass is 9.96. The number of nitrogens with zero attached hydrogens (tertiary/aromatic N) is 2. The molecule has 1 N–H and O–H groups in total. The topological polar surface area (TPSA) is 54.7 Å². The quantitative estimate of drug-likeness (QED) is 0.196. The second-order valence-electron chi connectivity index (χ2n) is 13.9. The molecule has 0 aliphatic heterocycles. The summed E-state index contributed by atoms with van der Waals surface area (Å²) in [6, 6.07) is 64.2. The van der Waals surface area contributed by atoms with E-state index in [-0.39, 0.29) is 0 Å². The van der Waals surface area contributed by atoms with E-state index in [9.17, 15) is 0 Å². The molecule has 0 saturated heterocycles. The van der Waals surface area contributed by atoms with E-state index < -0.39 is 0 Å². The summed E-state index contributed by atoms with van der Waals surface area (Å²) in [6.45, 7) is 0. The minimum Gasteiger partial charge on any atom is -0.455 e. The molecule has 0 bridgehead atoms. The first-order valence-electron chi connectivity index (χ1n) is 18.2. The molecule has 0 unspecified atom stereocenters. The van der Waals surface area contributed by atoms with Crippen LogP contribution < -0.4 is 0 Å². The van der Waals surface area contributed by atoms with Gasteiger partial charge in [0.15, 0.2) is 5.65 Å². The van der Waals surface area contributed by atoms with Gasteiger partial charge in [0.05, 0.1) is 11.0 Å². The summed E-state index contributed by atoms with van der Waals surface area (Å²) in [4.78, 5) is 13.8. The van der Waals surface area contributed by atoms with Gasteiger partial charge in [-0.15, -0.1) is 0 Å². The number of nitrogens with one attached hydrogen (secondary N) is 1. The van der Waals surface area contributed by atoms with E-state index in [1.54, 1.807) is 0 Å². The average molecular weight is 690 g/mol. The number of aromatic nitrogens is 3. The lowest BCUT2D eigenvalue weighted by molar-refractivity contribution is 0.670. The van der Waals surface area contributed by atoms with Crippen molar-refractivity contribution in [1.82, 2.24) is 15.0 Å². The summed E-state index contributed by atoms with van der Waals surface area (Å²) in [5.41, 5.74) is 17.7. The number of benzene rings is 8. The molecule has 0 aliphatic carbocycles. The Bertz CT molecular complexity index is 3230. The monoisotopic (exact) mass is 689 g/mol. The third-order valence-corrected chi connectivity index (χ3v) is 10.6. The minimum atomic E-state index is 0.781. The van der Waals surface area contributed by atoms with Crippen molar-refractivity contribution in [2.45, 2.75) is 0 Å². The molecular formula is C50H31N3O. The molecule has 4 heteroatoms. The van der Waals surface area contributed by atoms with Crippen molar-refractivity contribution >= 4 is 55.0 Å². The third kappa shape index (κ3) is 5.07. The Kier molecular flexibility index (Phi) is 6.82. The number of hydrogen-bond donors (Lipinski definition) is 1. The van der Waals surface area contributed by atoms with Crippen LogP contribution in [0.4, 0.5) is 0 Å². The van der Waals surface area contributed by atoms with Gasteiger partial charge in [0.25, 0.3) is 0 Å². The van der Waals surface area contributed by atoms with Gasteiger partial charge in [-0.1, -0.05) is 133 Å². The van der Waals surface area contributed by atoms with Crippen LogP contribution in [0, 0.1) is 0 Å². The first-order chi connectivity index (χ1) is 26.7. The molecule has 0 aliphatic rings. The van der Waals surface area contributed by atoms with Crippen LogP contribution in [0.5, 0.6) is 0 Å². The molecule has 0 fully saturated rings. The molecule has 8 aromatic carbocycles. The van der Waals surface area contributed by atoms with E-state index >= 15 is 0 Å². The molecule has 3 heterocycles. The minimum absolute atomic E-state index is 0.781. The largest absolute Gasteiger partial charge is 0.455 e. The number of rotatable bonds is 5. The molecule has 4 nitrogen and oxygen atoms in total. The van der Waals surface area contributed by atoms with Crippen LogP contribution in [0.3, 0.4) is 0 Å². The second-order valence-corrected chi connectivity index (χ2v) is 13.9. The fourth-order valence-corrected chi connectivity index (χ4v) is 7.89. The maximum atomic E-state index is 6.36. The third-order valence-electron chi connectivity index (χ3n) is 10.6. The predicted octanol–water partition coefficient (Wildman–Crippen LogP) is 13.5. The van der Waals surface area contributed by atoms with Crippen molar-refractivity contribution < 1.29 is 4.42 Å². The van der Waals surface area contributed by atoms with Crippen molar-refractivity contribution in [3.8, 4) is 55.6 Å². The first kappa shape index (κ1) is 30.3. The van der Waals surface area contributed by atoms with Gasteiger partial charge in [-0.25, -0.2) is 9.97 Å². The Morgan fingerprint density at radius 2 is 0.944 bits per heavy atom. The molecule has 11 rings (SSSR count). The Morgan fingerprint density at radius 1 is 0.370 bits per heavy atom. The van der Waals surface area contributed by atoms with Gasteiger partial charge in [0.1, 0.15) is 16.7 Å². The predicted molar refractivity (Wildman–Crippen MR) is 223 cm³/mol. The molecule has 11 aromatic rings. The van der Waals surface area contributed by atoms with Gasteiger partial charge in [-0.05, 0) is 98.6 Å².